The zero-order valence-electron chi connectivity index (χ0n) is 18.2. The lowest BCUT2D eigenvalue weighted by Crippen LogP contribution is -2.48. The van der Waals surface area contributed by atoms with E-state index in [4.69, 9.17) is 9.72 Å². The van der Waals surface area contributed by atoms with Crippen molar-refractivity contribution in [2.75, 3.05) is 38.2 Å². The number of nitrogens with zero attached hydrogens (tertiary/aromatic N) is 3. The van der Waals surface area contributed by atoms with Crippen molar-refractivity contribution in [3.05, 3.63) is 40.4 Å². The highest BCUT2D eigenvalue weighted by Crippen LogP contribution is 2.34. The second-order valence-electron chi connectivity index (χ2n) is 8.06. The first-order valence-electron chi connectivity index (χ1n) is 11.0. The van der Waals surface area contributed by atoms with Gasteiger partial charge in [0.1, 0.15) is 5.75 Å². The summed E-state index contributed by atoms with van der Waals surface area (Å²) in [5, 5.41) is 4.11. The standard InChI is InChI=1S/C23H30N4O3S/c1-3-21(28)26-10-12-27(13-11-26)23-25-18-9-8-16(14-20(18)31-23)22(29)24-15-17-6-4-5-7-19(17)30-2/h4-7,16H,3,8-15H2,1-2H3,(H,24,29). The molecule has 1 aromatic carbocycles. The first-order valence-corrected chi connectivity index (χ1v) is 11.8. The van der Waals surface area contributed by atoms with Gasteiger partial charge in [0.2, 0.25) is 11.8 Å². The Morgan fingerprint density at radius 3 is 2.74 bits per heavy atom. The Labute approximate surface area is 187 Å². The van der Waals surface area contributed by atoms with Crippen LogP contribution in [0.3, 0.4) is 0 Å². The topological polar surface area (TPSA) is 74.8 Å². The van der Waals surface area contributed by atoms with E-state index in [1.807, 2.05) is 36.1 Å². The summed E-state index contributed by atoms with van der Waals surface area (Å²) in [6.07, 6.45) is 2.98. The molecule has 0 radical (unpaired) electrons. The molecule has 1 fully saturated rings. The van der Waals surface area contributed by atoms with Crippen molar-refractivity contribution in [3.8, 4) is 5.75 Å². The van der Waals surface area contributed by atoms with Gasteiger partial charge in [-0.3, -0.25) is 9.59 Å². The summed E-state index contributed by atoms with van der Waals surface area (Å²) < 4.78 is 5.37. The van der Waals surface area contributed by atoms with E-state index in [0.29, 0.717) is 13.0 Å². The number of fused-ring (bicyclic) bond motifs is 1. The number of nitrogens with one attached hydrogen (secondary N) is 1. The van der Waals surface area contributed by atoms with Crippen LogP contribution in [-0.4, -0.2) is 55.0 Å². The number of aromatic nitrogens is 1. The van der Waals surface area contributed by atoms with E-state index < -0.39 is 0 Å². The molecular weight excluding hydrogens is 412 g/mol. The average Bonchev–Trinajstić information content (AvgIpc) is 3.25. The predicted octanol–water partition coefficient (Wildman–Crippen LogP) is 2.63. The molecule has 0 bridgehead atoms. The van der Waals surface area contributed by atoms with Gasteiger partial charge in [0.25, 0.3) is 0 Å². The number of hydrogen-bond acceptors (Lipinski definition) is 6. The van der Waals surface area contributed by atoms with Crippen molar-refractivity contribution in [2.45, 2.75) is 39.2 Å². The summed E-state index contributed by atoms with van der Waals surface area (Å²) in [4.78, 5) is 35.0. The third-order valence-electron chi connectivity index (χ3n) is 6.15. The number of piperazine rings is 1. The highest BCUT2D eigenvalue weighted by atomic mass is 32.1. The normalized spacial score (nSPS) is 18.5. The molecule has 1 aliphatic heterocycles. The number of anilines is 1. The van der Waals surface area contributed by atoms with Crippen LogP contribution in [0, 0.1) is 5.92 Å². The van der Waals surface area contributed by atoms with Gasteiger partial charge in [0.15, 0.2) is 5.13 Å². The van der Waals surface area contributed by atoms with Crippen molar-refractivity contribution < 1.29 is 14.3 Å². The molecule has 31 heavy (non-hydrogen) atoms. The number of amides is 2. The smallest absolute Gasteiger partial charge is 0.223 e. The molecule has 8 heteroatoms. The Morgan fingerprint density at radius 2 is 2.00 bits per heavy atom. The number of thiazole rings is 1. The van der Waals surface area contributed by atoms with Crippen LogP contribution >= 0.6 is 11.3 Å². The van der Waals surface area contributed by atoms with E-state index >= 15 is 0 Å². The molecule has 2 aliphatic rings. The molecule has 2 heterocycles. The van der Waals surface area contributed by atoms with E-state index in [0.717, 1.165) is 67.6 Å². The lowest BCUT2D eigenvalue weighted by atomic mass is 9.90. The number of aryl methyl sites for hydroxylation is 1. The lowest BCUT2D eigenvalue weighted by molar-refractivity contribution is -0.131. The SMILES string of the molecule is CCC(=O)N1CCN(c2nc3c(s2)CC(C(=O)NCc2ccccc2OC)CC3)CC1. The Kier molecular flexibility index (Phi) is 6.75. The third-order valence-corrected chi connectivity index (χ3v) is 7.33. The number of rotatable bonds is 6. The van der Waals surface area contributed by atoms with Crippen LogP contribution in [0.15, 0.2) is 24.3 Å². The van der Waals surface area contributed by atoms with Crippen LogP contribution in [0.25, 0.3) is 0 Å². The van der Waals surface area contributed by atoms with Gasteiger partial charge < -0.3 is 19.9 Å². The van der Waals surface area contributed by atoms with Crippen LogP contribution in [0.1, 0.15) is 35.9 Å². The Morgan fingerprint density at radius 1 is 1.23 bits per heavy atom. The highest BCUT2D eigenvalue weighted by molar-refractivity contribution is 7.15. The number of para-hydroxylation sites is 1. The van der Waals surface area contributed by atoms with Crippen LogP contribution in [0.2, 0.25) is 0 Å². The monoisotopic (exact) mass is 442 g/mol. The van der Waals surface area contributed by atoms with Crippen molar-refractivity contribution in [1.82, 2.24) is 15.2 Å². The molecule has 1 atom stereocenters. The van der Waals surface area contributed by atoms with Gasteiger partial charge in [-0.1, -0.05) is 25.1 Å². The van der Waals surface area contributed by atoms with Gasteiger partial charge in [0, 0.05) is 55.5 Å². The quantitative estimate of drug-likeness (QED) is 0.744. The van der Waals surface area contributed by atoms with Crippen LogP contribution in [0.4, 0.5) is 5.13 Å². The fourth-order valence-electron chi connectivity index (χ4n) is 4.27. The Balaban J connectivity index is 1.33. The van der Waals surface area contributed by atoms with Crippen LogP contribution < -0.4 is 15.0 Å². The Bertz CT molecular complexity index is 937. The zero-order chi connectivity index (χ0) is 21.8. The molecule has 1 N–H and O–H groups in total. The predicted molar refractivity (Wildman–Crippen MR) is 122 cm³/mol. The zero-order valence-corrected chi connectivity index (χ0v) is 19.0. The fraction of sp³-hybridized carbons (Fsp3) is 0.522. The molecule has 1 saturated heterocycles. The molecule has 166 valence electrons. The maximum atomic E-state index is 12.8. The molecule has 2 aromatic rings. The minimum Gasteiger partial charge on any atom is -0.496 e. The number of hydrogen-bond donors (Lipinski definition) is 1. The van der Waals surface area contributed by atoms with Crippen molar-refractivity contribution in [2.24, 2.45) is 5.92 Å². The van der Waals surface area contributed by atoms with Gasteiger partial charge in [-0.05, 0) is 25.3 Å². The van der Waals surface area contributed by atoms with Crippen LogP contribution in [0.5, 0.6) is 5.75 Å². The van der Waals surface area contributed by atoms with Gasteiger partial charge in [0.05, 0.1) is 12.8 Å². The summed E-state index contributed by atoms with van der Waals surface area (Å²) in [5.41, 5.74) is 2.12. The third kappa shape index (κ3) is 4.84. The average molecular weight is 443 g/mol. The molecule has 1 aliphatic carbocycles. The van der Waals surface area contributed by atoms with Gasteiger partial charge >= 0.3 is 0 Å². The van der Waals surface area contributed by atoms with Gasteiger partial charge in [-0.2, -0.15) is 0 Å². The molecule has 4 rings (SSSR count). The van der Waals surface area contributed by atoms with E-state index in [1.165, 1.54) is 4.88 Å². The summed E-state index contributed by atoms with van der Waals surface area (Å²) in [6, 6.07) is 7.76. The van der Waals surface area contributed by atoms with Crippen molar-refractivity contribution in [3.63, 3.8) is 0 Å². The van der Waals surface area contributed by atoms with E-state index in [2.05, 4.69) is 10.2 Å². The second kappa shape index (κ2) is 9.68. The molecule has 1 unspecified atom stereocenters. The summed E-state index contributed by atoms with van der Waals surface area (Å²) in [7, 11) is 1.65. The Hall–Kier alpha value is -2.61. The first kappa shape index (κ1) is 21.6. The maximum absolute atomic E-state index is 12.8. The first-order chi connectivity index (χ1) is 15.1. The molecular formula is C23H30N4O3S. The number of ether oxygens (including phenoxy) is 1. The highest BCUT2D eigenvalue weighted by Gasteiger charge is 2.29. The van der Waals surface area contributed by atoms with E-state index in [-0.39, 0.29) is 17.7 Å². The summed E-state index contributed by atoms with van der Waals surface area (Å²) in [5.74, 6) is 1.09. The molecule has 7 nitrogen and oxygen atoms in total. The van der Waals surface area contributed by atoms with Crippen molar-refractivity contribution in [1.29, 1.82) is 0 Å². The number of methoxy groups -OCH3 is 1. The van der Waals surface area contributed by atoms with Gasteiger partial charge in [-0.15, -0.1) is 11.3 Å². The van der Waals surface area contributed by atoms with Crippen LogP contribution in [-0.2, 0) is 29.0 Å². The minimum absolute atomic E-state index is 0.0190. The number of benzene rings is 1. The molecule has 2 amide bonds. The number of carbonyl (C=O) groups excluding carboxylic acids is 2. The summed E-state index contributed by atoms with van der Waals surface area (Å²) >= 11 is 1.71. The van der Waals surface area contributed by atoms with Gasteiger partial charge in [-0.25, -0.2) is 4.98 Å². The summed E-state index contributed by atoms with van der Waals surface area (Å²) in [6.45, 7) is 5.53. The van der Waals surface area contributed by atoms with E-state index in [1.54, 1.807) is 18.4 Å². The van der Waals surface area contributed by atoms with Crippen molar-refractivity contribution >= 4 is 28.3 Å². The van der Waals surface area contributed by atoms with E-state index in [9.17, 15) is 9.59 Å². The molecule has 1 aromatic heterocycles. The molecule has 0 spiro atoms. The largest absolute Gasteiger partial charge is 0.496 e. The minimum atomic E-state index is -0.0190. The maximum Gasteiger partial charge on any atom is 0.223 e. The second-order valence-corrected chi connectivity index (χ2v) is 9.12. The fourth-order valence-corrected chi connectivity index (χ4v) is 5.50. The molecule has 0 saturated carbocycles. The number of carbonyl (C=O) groups is 2. The lowest BCUT2D eigenvalue weighted by Gasteiger charge is -2.34.